The molecule has 2 N–H and O–H groups in total. The van der Waals surface area contributed by atoms with Crippen LogP contribution in [0.3, 0.4) is 0 Å². The molecule has 82 valence electrons. The molecule has 0 saturated heterocycles. The van der Waals surface area contributed by atoms with E-state index in [9.17, 15) is 13.2 Å². The number of esters is 1. The number of rotatable bonds is 5. The van der Waals surface area contributed by atoms with Crippen LogP contribution in [0.2, 0.25) is 0 Å². The smallest absolute Gasteiger partial charge is 0.326 e. The molecule has 1 rings (SSSR count). The van der Waals surface area contributed by atoms with Gasteiger partial charge in [-0.05, 0) is 25.2 Å². The van der Waals surface area contributed by atoms with Crippen molar-refractivity contribution < 1.29 is 17.9 Å². The lowest BCUT2D eigenvalue weighted by Crippen LogP contribution is -2.36. The Morgan fingerprint density at radius 2 is 2.29 bits per heavy atom. The summed E-state index contributed by atoms with van der Waals surface area (Å²) in [5, 5.41) is 0. The van der Waals surface area contributed by atoms with Crippen molar-refractivity contribution in [1.82, 2.24) is 0 Å². The Morgan fingerprint density at radius 1 is 1.64 bits per heavy atom. The highest BCUT2D eigenvalue weighted by atomic mass is 32.2. The second-order valence-corrected chi connectivity index (χ2v) is 4.74. The zero-order chi connectivity index (χ0) is 10.8. The number of hydrogen-bond donors (Lipinski definition) is 2. The van der Waals surface area contributed by atoms with E-state index < -0.39 is 22.2 Å². The van der Waals surface area contributed by atoms with Gasteiger partial charge in [-0.15, -0.1) is 0 Å². The Bertz CT molecular complexity index is 294. The molecule has 1 saturated carbocycles. The maximum atomic E-state index is 11.1. The van der Waals surface area contributed by atoms with E-state index in [1.54, 1.807) is 0 Å². The fraction of sp³-hybridized carbons (Fsp3) is 0.875. The molecule has 14 heavy (non-hydrogen) atoms. The number of methoxy groups -OCH3 is 1. The Kier molecular flexibility index (Phi) is 3.49. The first-order valence-electron chi connectivity index (χ1n) is 4.50. The molecule has 0 heterocycles. The van der Waals surface area contributed by atoms with Crippen LogP contribution in [-0.4, -0.2) is 32.8 Å². The van der Waals surface area contributed by atoms with E-state index >= 15 is 0 Å². The Balaban J connectivity index is 2.28. The molecule has 6 heteroatoms. The van der Waals surface area contributed by atoms with Gasteiger partial charge in [0, 0.05) is 5.75 Å². The van der Waals surface area contributed by atoms with E-state index in [1.807, 2.05) is 0 Å². The van der Waals surface area contributed by atoms with Gasteiger partial charge in [-0.3, -0.25) is 4.79 Å². The van der Waals surface area contributed by atoms with Crippen molar-refractivity contribution in [1.29, 1.82) is 0 Å². The van der Waals surface area contributed by atoms with Crippen molar-refractivity contribution in [2.75, 3.05) is 12.9 Å². The molecule has 1 aliphatic rings. The number of ether oxygens (including phenoxy) is 1. The summed E-state index contributed by atoms with van der Waals surface area (Å²) in [6.07, 6.45) is 1.85. The molecule has 2 atom stereocenters. The Labute approximate surface area is 84.6 Å². The summed E-state index contributed by atoms with van der Waals surface area (Å²) < 4.78 is 25.1. The fourth-order valence-corrected chi connectivity index (χ4v) is 2.06. The summed E-state index contributed by atoms with van der Waals surface area (Å²) >= 11 is 0. The number of nitrogens with two attached hydrogens (primary N) is 1. The largest absolute Gasteiger partial charge is 0.468 e. The van der Waals surface area contributed by atoms with Crippen LogP contribution in [0, 0.1) is 5.92 Å². The van der Waals surface area contributed by atoms with Crippen molar-refractivity contribution in [2.45, 2.75) is 24.8 Å². The molecular formula is C8H15NO4S. The van der Waals surface area contributed by atoms with E-state index in [4.69, 9.17) is 5.73 Å². The average molecular weight is 221 g/mol. The van der Waals surface area contributed by atoms with Gasteiger partial charge in [-0.2, -0.15) is 0 Å². The lowest BCUT2D eigenvalue weighted by molar-refractivity contribution is -0.143. The monoisotopic (exact) mass is 221 g/mol. The summed E-state index contributed by atoms with van der Waals surface area (Å²) in [5.41, 5.74) is 4.89. The van der Waals surface area contributed by atoms with Gasteiger partial charge in [-0.1, -0.05) is 0 Å². The van der Waals surface area contributed by atoms with Crippen molar-refractivity contribution in [3.8, 4) is 0 Å². The SMILES string of the molecule is COC(=O)C1(N)CC1CCC[SH](=O)=O. The average Bonchev–Trinajstić information content (AvgIpc) is 2.77. The lowest BCUT2D eigenvalue weighted by atomic mass is 10.1. The van der Waals surface area contributed by atoms with Crippen LogP contribution in [0.5, 0.6) is 0 Å². The molecule has 0 aromatic heterocycles. The zero-order valence-corrected chi connectivity index (χ0v) is 8.96. The van der Waals surface area contributed by atoms with Gasteiger partial charge in [0.2, 0.25) is 0 Å². The third kappa shape index (κ3) is 2.45. The van der Waals surface area contributed by atoms with Gasteiger partial charge in [0.25, 0.3) is 0 Å². The van der Waals surface area contributed by atoms with Gasteiger partial charge >= 0.3 is 5.97 Å². The van der Waals surface area contributed by atoms with Gasteiger partial charge < -0.3 is 10.5 Å². The zero-order valence-electron chi connectivity index (χ0n) is 8.06. The van der Waals surface area contributed by atoms with E-state index in [1.165, 1.54) is 7.11 Å². The van der Waals surface area contributed by atoms with Gasteiger partial charge in [-0.25, -0.2) is 8.42 Å². The molecule has 1 aliphatic carbocycles. The van der Waals surface area contributed by atoms with Crippen LogP contribution in [0.4, 0.5) is 0 Å². The lowest BCUT2D eigenvalue weighted by Gasteiger charge is -2.07. The Hall–Kier alpha value is -0.620. The normalized spacial score (nSPS) is 30.4. The first-order valence-corrected chi connectivity index (χ1v) is 5.86. The van der Waals surface area contributed by atoms with Crippen molar-refractivity contribution >= 4 is 16.7 Å². The molecule has 0 aliphatic heterocycles. The van der Waals surface area contributed by atoms with E-state index in [-0.39, 0.29) is 11.7 Å². The molecule has 0 amide bonds. The molecule has 0 aromatic carbocycles. The molecule has 2 unspecified atom stereocenters. The summed E-state index contributed by atoms with van der Waals surface area (Å²) in [4.78, 5) is 11.1. The highest BCUT2D eigenvalue weighted by molar-refractivity contribution is 7.72. The van der Waals surface area contributed by atoms with Gasteiger partial charge in [0.05, 0.1) is 7.11 Å². The van der Waals surface area contributed by atoms with Crippen molar-refractivity contribution in [3.63, 3.8) is 0 Å². The maximum Gasteiger partial charge on any atom is 0.326 e. The first-order chi connectivity index (χ1) is 6.50. The number of thiol groups is 1. The van der Waals surface area contributed by atoms with E-state index in [0.717, 1.165) is 0 Å². The standard InChI is InChI=1S/C8H15NO4S/c1-13-7(10)8(9)5-6(8)3-2-4-14(11)12/h6,14H,2-5,9H2,1H3. The van der Waals surface area contributed by atoms with Gasteiger partial charge in [0.15, 0.2) is 0 Å². The predicted octanol–water partition coefficient (Wildman–Crippen LogP) is -0.732. The molecule has 0 aromatic rings. The highest BCUT2D eigenvalue weighted by Gasteiger charge is 2.57. The summed E-state index contributed by atoms with van der Waals surface area (Å²) in [6, 6.07) is 0. The topological polar surface area (TPSA) is 86.5 Å². The predicted molar refractivity (Wildman–Crippen MR) is 51.5 cm³/mol. The summed E-state index contributed by atoms with van der Waals surface area (Å²) in [7, 11) is -1.00. The third-order valence-electron chi connectivity index (χ3n) is 2.61. The van der Waals surface area contributed by atoms with Crippen molar-refractivity contribution in [3.05, 3.63) is 0 Å². The maximum absolute atomic E-state index is 11.1. The van der Waals surface area contributed by atoms with Crippen molar-refractivity contribution in [2.24, 2.45) is 11.7 Å². The third-order valence-corrected chi connectivity index (χ3v) is 3.29. The second kappa shape index (κ2) is 4.27. The minimum absolute atomic E-state index is 0.0879. The number of carbonyl (C=O) groups is 1. The molecule has 0 spiro atoms. The Morgan fingerprint density at radius 3 is 2.79 bits per heavy atom. The van der Waals surface area contributed by atoms with Crippen LogP contribution in [0.15, 0.2) is 0 Å². The quantitative estimate of drug-likeness (QED) is 0.472. The number of carbonyl (C=O) groups excluding carboxylic acids is 1. The first kappa shape index (κ1) is 11.5. The van der Waals surface area contributed by atoms with E-state index in [2.05, 4.69) is 4.74 Å². The minimum atomic E-state index is -2.31. The summed E-state index contributed by atoms with van der Waals surface area (Å²) in [5.74, 6) is -0.137. The molecule has 0 radical (unpaired) electrons. The van der Waals surface area contributed by atoms with Gasteiger partial charge in [0.1, 0.15) is 16.2 Å². The minimum Gasteiger partial charge on any atom is -0.468 e. The molecule has 1 fully saturated rings. The highest BCUT2D eigenvalue weighted by Crippen LogP contribution is 2.45. The summed E-state index contributed by atoms with van der Waals surface area (Å²) in [6.45, 7) is 0. The molecular weight excluding hydrogens is 206 g/mol. The molecule has 5 nitrogen and oxygen atoms in total. The second-order valence-electron chi connectivity index (χ2n) is 3.63. The van der Waals surface area contributed by atoms with Crippen LogP contribution in [0.1, 0.15) is 19.3 Å². The van der Waals surface area contributed by atoms with Crippen LogP contribution in [0.25, 0.3) is 0 Å². The van der Waals surface area contributed by atoms with Crippen LogP contribution >= 0.6 is 0 Å². The fourth-order valence-electron chi connectivity index (χ4n) is 1.62. The van der Waals surface area contributed by atoms with E-state index in [0.29, 0.717) is 19.3 Å². The number of hydrogen-bond acceptors (Lipinski definition) is 5. The van der Waals surface area contributed by atoms with Crippen LogP contribution in [-0.2, 0) is 20.2 Å². The molecule has 0 bridgehead atoms. The van der Waals surface area contributed by atoms with Crippen LogP contribution < -0.4 is 5.73 Å².